The van der Waals surface area contributed by atoms with Crippen LogP contribution in [0.2, 0.25) is 0 Å². The number of amides is 1. The summed E-state index contributed by atoms with van der Waals surface area (Å²) >= 11 is 0. The summed E-state index contributed by atoms with van der Waals surface area (Å²) in [4.78, 5) is 17.1. The number of pyridine rings is 1. The fourth-order valence-electron chi connectivity index (χ4n) is 3.79. The summed E-state index contributed by atoms with van der Waals surface area (Å²) in [5.74, 6) is 2.15. The molecule has 4 heterocycles. The van der Waals surface area contributed by atoms with Crippen molar-refractivity contribution in [3.05, 3.63) is 47.8 Å². The predicted molar refractivity (Wildman–Crippen MR) is 101 cm³/mol. The molecule has 1 fully saturated rings. The van der Waals surface area contributed by atoms with Crippen LogP contribution >= 0.6 is 0 Å². The van der Waals surface area contributed by atoms with Crippen LogP contribution in [0, 0.1) is 0 Å². The van der Waals surface area contributed by atoms with E-state index in [0.29, 0.717) is 12.1 Å². The van der Waals surface area contributed by atoms with Crippen molar-refractivity contribution in [2.45, 2.75) is 25.3 Å². The Morgan fingerprint density at radius 1 is 1.30 bits per heavy atom. The van der Waals surface area contributed by atoms with Crippen LogP contribution in [0.3, 0.4) is 0 Å². The third-order valence-electron chi connectivity index (χ3n) is 5.19. The van der Waals surface area contributed by atoms with Gasteiger partial charge < -0.3 is 14.4 Å². The van der Waals surface area contributed by atoms with Crippen molar-refractivity contribution < 1.29 is 4.79 Å². The number of piperidine rings is 1. The van der Waals surface area contributed by atoms with Crippen molar-refractivity contribution in [1.82, 2.24) is 34.2 Å². The van der Waals surface area contributed by atoms with Gasteiger partial charge in [-0.05, 0) is 39.1 Å². The minimum absolute atomic E-state index is 0.0385. The molecule has 4 rings (SSSR count). The second-order valence-corrected chi connectivity index (χ2v) is 7.45. The number of rotatable bonds is 4. The van der Waals surface area contributed by atoms with E-state index in [1.807, 2.05) is 50.4 Å². The molecular weight excluding hydrogens is 342 g/mol. The molecule has 142 valence electrons. The molecule has 1 saturated heterocycles. The largest absolute Gasteiger partial charge is 0.338 e. The molecule has 0 unspecified atom stereocenters. The number of carbonyl (C=O) groups excluding carboxylic acids is 1. The summed E-state index contributed by atoms with van der Waals surface area (Å²) in [5, 5.41) is 13.1. The highest BCUT2D eigenvalue weighted by atomic mass is 16.2. The number of hydrogen-bond acceptors (Lipinski definition) is 5. The van der Waals surface area contributed by atoms with Crippen LogP contribution in [0.5, 0.6) is 0 Å². The second-order valence-electron chi connectivity index (χ2n) is 7.45. The van der Waals surface area contributed by atoms with Crippen LogP contribution in [-0.4, -0.2) is 67.3 Å². The Kier molecular flexibility index (Phi) is 4.65. The van der Waals surface area contributed by atoms with Gasteiger partial charge >= 0.3 is 0 Å². The molecule has 27 heavy (non-hydrogen) atoms. The van der Waals surface area contributed by atoms with E-state index in [9.17, 15) is 4.79 Å². The zero-order valence-electron chi connectivity index (χ0n) is 16.0. The highest BCUT2D eigenvalue weighted by Gasteiger charge is 2.30. The highest BCUT2D eigenvalue weighted by Crippen LogP contribution is 2.27. The molecule has 0 aromatic carbocycles. The Morgan fingerprint density at radius 2 is 2.15 bits per heavy atom. The molecule has 1 aliphatic rings. The monoisotopic (exact) mass is 367 g/mol. The molecule has 0 aliphatic carbocycles. The molecule has 1 atom stereocenters. The first-order valence-electron chi connectivity index (χ1n) is 9.29. The minimum Gasteiger partial charge on any atom is -0.338 e. The molecule has 1 aliphatic heterocycles. The Balaban J connectivity index is 1.55. The summed E-state index contributed by atoms with van der Waals surface area (Å²) in [6, 6.07) is 5.76. The summed E-state index contributed by atoms with van der Waals surface area (Å²) in [5.41, 5.74) is 1.50. The van der Waals surface area contributed by atoms with Crippen LogP contribution in [0.1, 0.15) is 40.8 Å². The number of carbonyl (C=O) groups is 1. The Hall–Kier alpha value is -2.74. The van der Waals surface area contributed by atoms with Gasteiger partial charge in [0, 0.05) is 32.3 Å². The first-order chi connectivity index (χ1) is 13.0. The zero-order valence-corrected chi connectivity index (χ0v) is 16.0. The Bertz CT molecular complexity index is 958. The van der Waals surface area contributed by atoms with Crippen LogP contribution in [0.4, 0.5) is 0 Å². The lowest BCUT2D eigenvalue weighted by atomic mass is 9.96. The normalized spacial score (nSPS) is 17.8. The number of fused-ring (bicyclic) bond motifs is 1. The standard InChI is InChI=1S/C19H25N7O/c1-23(2)13-17-21-22-18(24(17)3)14-7-6-9-25(12-14)19(27)15-11-20-26-10-5-4-8-16(15)26/h4-5,8,10-11,14H,6-7,9,12-13H2,1-3H3/t14-/m1/s1. The van der Waals surface area contributed by atoms with Crippen LogP contribution in [0.25, 0.3) is 5.52 Å². The minimum atomic E-state index is 0.0385. The highest BCUT2D eigenvalue weighted by molar-refractivity contribution is 6.00. The van der Waals surface area contributed by atoms with Gasteiger partial charge in [-0.15, -0.1) is 10.2 Å². The fraction of sp³-hybridized carbons (Fsp3) is 0.474. The van der Waals surface area contributed by atoms with Crippen molar-refractivity contribution in [2.75, 3.05) is 27.2 Å². The van der Waals surface area contributed by atoms with Crippen molar-refractivity contribution in [2.24, 2.45) is 7.05 Å². The molecule has 3 aromatic heterocycles. The maximum atomic E-state index is 13.1. The second kappa shape index (κ2) is 7.11. The van der Waals surface area contributed by atoms with Gasteiger partial charge in [-0.25, -0.2) is 4.52 Å². The molecule has 1 amide bonds. The summed E-state index contributed by atoms with van der Waals surface area (Å²) in [6.45, 7) is 2.18. The van der Waals surface area contributed by atoms with Gasteiger partial charge in [0.1, 0.15) is 11.6 Å². The summed E-state index contributed by atoms with van der Waals surface area (Å²) in [6.07, 6.45) is 5.51. The first-order valence-corrected chi connectivity index (χ1v) is 9.29. The van der Waals surface area contributed by atoms with Gasteiger partial charge in [0.25, 0.3) is 5.91 Å². The van der Waals surface area contributed by atoms with Gasteiger partial charge in [0.2, 0.25) is 0 Å². The molecule has 0 bridgehead atoms. The van der Waals surface area contributed by atoms with Crippen LogP contribution in [-0.2, 0) is 13.6 Å². The van der Waals surface area contributed by atoms with E-state index in [4.69, 9.17) is 0 Å². The van der Waals surface area contributed by atoms with Gasteiger partial charge in [0.15, 0.2) is 0 Å². The maximum Gasteiger partial charge on any atom is 0.257 e. The maximum absolute atomic E-state index is 13.1. The fourth-order valence-corrected chi connectivity index (χ4v) is 3.79. The third kappa shape index (κ3) is 3.32. The van der Waals surface area contributed by atoms with E-state index in [0.717, 1.165) is 43.1 Å². The topological polar surface area (TPSA) is 71.6 Å². The van der Waals surface area contributed by atoms with E-state index < -0.39 is 0 Å². The number of aromatic nitrogens is 5. The van der Waals surface area contributed by atoms with E-state index >= 15 is 0 Å². The zero-order chi connectivity index (χ0) is 19.0. The van der Waals surface area contributed by atoms with Gasteiger partial charge in [-0.2, -0.15) is 5.10 Å². The van der Waals surface area contributed by atoms with Gasteiger partial charge in [0.05, 0.1) is 23.8 Å². The quantitative estimate of drug-likeness (QED) is 0.700. The van der Waals surface area contributed by atoms with Crippen LogP contribution in [0.15, 0.2) is 30.6 Å². The van der Waals surface area contributed by atoms with E-state index in [-0.39, 0.29) is 11.8 Å². The summed E-state index contributed by atoms with van der Waals surface area (Å²) in [7, 11) is 6.05. The lowest BCUT2D eigenvalue weighted by Crippen LogP contribution is -2.39. The Labute approximate surface area is 158 Å². The molecule has 8 nitrogen and oxygen atoms in total. The third-order valence-corrected chi connectivity index (χ3v) is 5.19. The van der Waals surface area contributed by atoms with Crippen molar-refractivity contribution in [3.8, 4) is 0 Å². The smallest absolute Gasteiger partial charge is 0.257 e. The SMILES string of the molecule is CN(C)Cc1nnc([C@@H]2CCCN(C(=O)c3cnn4ccccc34)C2)n1C. The van der Waals surface area contributed by atoms with Gasteiger partial charge in [-0.1, -0.05) is 6.07 Å². The Morgan fingerprint density at radius 3 is 2.96 bits per heavy atom. The van der Waals surface area contributed by atoms with E-state index in [1.165, 1.54) is 0 Å². The van der Waals surface area contributed by atoms with E-state index in [1.54, 1.807) is 10.7 Å². The van der Waals surface area contributed by atoms with Crippen molar-refractivity contribution in [3.63, 3.8) is 0 Å². The lowest BCUT2D eigenvalue weighted by molar-refractivity contribution is 0.0705. The van der Waals surface area contributed by atoms with E-state index in [2.05, 4.69) is 24.8 Å². The molecule has 8 heteroatoms. The molecule has 0 saturated carbocycles. The predicted octanol–water partition coefficient (Wildman–Crippen LogP) is 1.54. The molecular formula is C19H25N7O. The number of likely N-dealkylation sites (tertiary alicyclic amines) is 1. The number of hydrogen-bond donors (Lipinski definition) is 0. The number of nitrogens with zero attached hydrogens (tertiary/aromatic N) is 7. The molecule has 0 spiro atoms. The van der Waals surface area contributed by atoms with Crippen molar-refractivity contribution in [1.29, 1.82) is 0 Å². The summed E-state index contributed by atoms with van der Waals surface area (Å²) < 4.78 is 3.82. The first kappa shape index (κ1) is 17.7. The average molecular weight is 367 g/mol. The molecule has 3 aromatic rings. The molecule has 0 N–H and O–H groups in total. The van der Waals surface area contributed by atoms with Crippen LogP contribution < -0.4 is 0 Å². The van der Waals surface area contributed by atoms with Crippen molar-refractivity contribution >= 4 is 11.4 Å². The average Bonchev–Trinajstić information content (AvgIpc) is 3.25. The van der Waals surface area contributed by atoms with Gasteiger partial charge in [-0.3, -0.25) is 4.79 Å². The lowest BCUT2D eigenvalue weighted by Gasteiger charge is -2.32. The molecule has 0 radical (unpaired) electrons.